The van der Waals surface area contributed by atoms with Gasteiger partial charge in [0.25, 0.3) is 0 Å². The molecule has 0 aliphatic carbocycles. The fourth-order valence-corrected chi connectivity index (χ4v) is 4.52. The van der Waals surface area contributed by atoms with Crippen LogP contribution in [-0.4, -0.2) is 50.8 Å². The van der Waals surface area contributed by atoms with Gasteiger partial charge in [0.1, 0.15) is 6.61 Å². The van der Waals surface area contributed by atoms with E-state index >= 15 is 0 Å². The SMILES string of the molecule is CCN(CC)S(=O)(=O)c1cccc(C(=O)OCCNC(=O)CCc2ccc(C)cc2)c1. The minimum Gasteiger partial charge on any atom is -0.460 e. The van der Waals surface area contributed by atoms with Crippen LogP contribution in [-0.2, 0) is 26.0 Å². The Bertz CT molecular complexity index is 983. The lowest BCUT2D eigenvalue weighted by molar-refractivity contribution is -0.121. The van der Waals surface area contributed by atoms with Gasteiger partial charge in [-0.25, -0.2) is 13.2 Å². The van der Waals surface area contributed by atoms with Gasteiger partial charge in [-0.1, -0.05) is 49.7 Å². The van der Waals surface area contributed by atoms with Crippen LogP contribution in [0.3, 0.4) is 0 Å². The molecule has 0 aliphatic heterocycles. The molecule has 0 unspecified atom stereocenters. The van der Waals surface area contributed by atoms with Crippen molar-refractivity contribution in [2.75, 3.05) is 26.2 Å². The van der Waals surface area contributed by atoms with Crippen LogP contribution in [0, 0.1) is 6.92 Å². The van der Waals surface area contributed by atoms with E-state index in [1.54, 1.807) is 13.8 Å². The Morgan fingerprint density at radius 1 is 1.03 bits per heavy atom. The van der Waals surface area contributed by atoms with Crippen molar-refractivity contribution in [3.8, 4) is 0 Å². The predicted octanol–water partition coefficient (Wildman–Crippen LogP) is 2.93. The monoisotopic (exact) mass is 446 g/mol. The van der Waals surface area contributed by atoms with Crippen molar-refractivity contribution in [1.29, 1.82) is 0 Å². The summed E-state index contributed by atoms with van der Waals surface area (Å²) in [5.41, 5.74) is 2.41. The van der Waals surface area contributed by atoms with Crippen LogP contribution in [0.25, 0.3) is 0 Å². The fourth-order valence-electron chi connectivity index (χ4n) is 3.01. The van der Waals surface area contributed by atoms with Crippen molar-refractivity contribution in [1.82, 2.24) is 9.62 Å². The zero-order valence-electron chi connectivity index (χ0n) is 18.3. The summed E-state index contributed by atoms with van der Waals surface area (Å²) in [6.07, 6.45) is 0.988. The first-order chi connectivity index (χ1) is 14.8. The maximum Gasteiger partial charge on any atom is 0.338 e. The Hall–Kier alpha value is -2.71. The smallest absolute Gasteiger partial charge is 0.338 e. The number of amides is 1. The molecular formula is C23H30N2O5S. The van der Waals surface area contributed by atoms with E-state index in [9.17, 15) is 18.0 Å². The van der Waals surface area contributed by atoms with Crippen LogP contribution in [0.2, 0.25) is 0 Å². The molecule has 0 saturated heterocycles. The van der Waals surface area contributed by atoms with Gasteiger partial charge < -0.3 is 10.1 Å². The Balaban J connectivity index is 1.81. The third kappa shape index (κ3) is 7.18. The molecule has 8 heteroatoms. The van der Waals surface area contributed by atoms with E-state index in [0.29, 0.717) is 25.9 Å². The highest BCUT2D eigenvalue weighted by Gasteiger charge is 2.22. The highest BCUT2D eigenvalue weighted by Crippen LogP contribution is 2.17. The average molecular weight is 447 g/mol. The number of nitrogens with zero attached hydrogens (tertiary/aromatic N) is 1. The molecule has 0 bridgehead atoms. The molecule has 0 radical (unpaired) electrons. The normalized spacial score (nSPS) is 11.4. The number of carbonyl (C=O) groups excluding carboxylic acids is 2. The van der Waals surface area contributed by atoms with Gasteiger partial charge >= 0.3 is 5.97 Å². The van der Waals surface area contributed by atoms with Gasteiger partial charge in [-0.15, -0.1) is 0 Å². The van der Waals surface area contributed by atoms with Crippen LogP contribution in [0.1, 0.15) is 41.8 Å². The summed E-state index contributed by atoms with van der Waals surface area (Å²) in [6.45, 7) is 6.41. The fraction of sp³-hybridized carbons (Fsp3) is 0.391. The summed E-state index contributed by atoms with van der Waals surface area (Å²) in [4.78, 5) is 24.3. The predicted molar refractivity (Wildman–Crippen MR) is 119 cm³/mol. The minimum atomic E-state index is -3.66. The molecule has 0 heterocycles. The van der Waals surface area contributed by atoms with Crippen molar-refractivity contribution >= 4 is 21.9 Å². The van der Waals surface area contributed by atoms with Gasteiger partial charge in [0, 0.05) is 19.5 Å². The van der Waals surface area contributed by atoms with Gasteiger partial charge in [0.2, 0.25) is 15.9 Å². The number of sulfonamides is 1. The first-order valence-corrected chi connectivity index (χ1v) is 11.8. The highest BCUT2D eigenvalue weighted by molar-refractivity contribution is 7.89. The second-order valence-corrected chi connectivity index (χ2v) is 9.03. The molecular weight excluding hydrogens is 416 g/mol. The molecule has 2 aromatic carbocycles. The Labute approximate surface area is 184 Å². The quantitative estimate of drug-likeness (QED) is 0.423. The summed E-state index contributed by atoms with van der Waals surface area (Å²) < 4.78 is 31.7. The number of hydrogen-bond donors (Lipinski definition) is 1. The summed E-state index contributed by atoms with van der Waals surface area (Å²) in [5.74, 6) is -0.755. The molecule has 0 atom stereocenters. The first-order valence-electron chi connectivity index (χ1n) is 10.4. The average Bonchev–Trinajstić information content (AvgIpc) is 2.77. The molecule has 0 spiro atoms. The maximum absolute atomic E-state index is 12.6. The summed E-state index contributed by atoms with van der Waals surface area (Å²) in [7, 11) is -3.66. The lowest BCUT2D eigenvalue weighted by Crippen LogP contribution is -2.30. The largest absolute Gasteiger partial charge is 0.460 e. The van der Waals surface area contributed by atoms with Gasteiger partial charge in [0.05, 0.1) is 17.0 Å². The minimum absolute atomic E-state index is 0.00211. The van der Waals surface area contributed by atoms with Crippen molar-refractivity contribution < 1.29 is 22.7 Å². The molecule has 0 aliphatic rings. The summed E-state index contributed by atoms with van der Waals surface area (Å²) >= 11 is 0. The van der Waals surface area contributed by atoms with E-state index in [2.05, 4.69) is 5.32 Å². The summed E-state index contributed by atoms with van der Waals surface area (Å²) in [5, 5.41) is 2.72. The van der Waals surface area contributed by atoms with E-state index in [1.165, 1.54) is 34.1 Å². The number of esters is 1. The molecule has 2 aromatic rings. The number of rotatable bonds is 11. The van der Waals surface area contributed by atoms with E-state index in [1.807, 2.05) is 31.2 Å². The number of benzene rings is 2. The zero-order valence-corrected chi connectivity index (χ0v) is 19.1. The van der Waals surface area contributed by atoms with E-state index in [-0.39, 0.29) is 29.5 Å². The number of nitrogens with one attached hydrogen (secondary N) is 1. The highest BCUT2D eigenvalue weighted by atomic mass is 32.2. The number of ether oxygens (including phenoxy) is 1. The van der Waals surface area contributed by atoms with Crippen molar-refractivity contribution in [2.24, 2.45) is 0 Å². The molecule has 1 amide bonds. The van der Waals surface area contributed by atoms with Crippen molar-refractivity contribution in [3.63, 3.8) is 0 Å². The first kappa shape index (κ1) is 24.6. The number of carbonyl (C=O) groups is 2. The standard InChI is InChI=1S/C23H30N2O5S/c1-4-25(5-2)31(28,29)21-8-6-7-20(17-21)23(27)30-16-15-24-22(26)14-13-19-11-9-18(3)10-12-19/h6-12,17H,4-5,13-16H2,1-3H3,(H,24,26). The van der Waals surface area contributed by atoms with Crippen LogP contribution < -0.4 is 5.32 Å². The maximum atomic E-state index is 12.6. The molecule has 1 N–H and O–H groups in total. The Morgan fingerprint density at radius 2 is 1.71 bits per heavy atom. The van der Waals surface area contributed by atoms with E-state index in [0.717, 1.165) is 5.56 Å². The van der Waals surface area contributed by atoms with Crippen molar-refractivity contribution in [2.45, 2.75) is 38.5 Å². The third-order valence-electron chi connectivity index (χ3n) is 4.83. The lowest BCUT2D eigenvalue weighted by Gasteiger charge is -2.18. The Kier molecular flexibility index (Phi) is 9.21. The van der Waals surface area contributed by atoms with Crippen LogP contribution in [0.4, 0.5) is 0 Å². The molecule has 0 aromatic heterocycles. The van der Waals surface area contributed by atoms with Gasteiger partial charge in [-0.3, -0.25) is 4.79 Å². The van der Waals surface area contributed by atoms with Crippen LogP contribution in [0.15, 0.2) is 53.4 Å². The van der Waals surface area contributed by atoms with Gasteiger partial charge in [0.15, 0.2) is 0 Å². The molecule has 168 valence electrons. The third-order valence-corrected chi connectivity index (χ3v) is 6.88. The topological polar surface area (TPSA) is 92.8 Å². The van der Waals surface area contributed by atoms with Crippen LogP contribution in [0.5, 0.6) is 0 Å². The Morgan fingerprint density at radius 3 is 2.35 bits per heavy atom. The van der Waals surface area contributed by atoms with Crippen molar-refractivity contribution in [3.05, 3.63) is 65.2 Å². The molecule has 31 heavy (non-hydrogen) atoms. The number of aryl methyl sites for hydroxylation is 2. The molecule has 0 fully saturated rings. The molecule has 7 nitrogen and oxygen atoms in total. The van der Waals surface area contributed by atoms with E-state index < -0.39 is 16.0 Å². The second kappa shape index (κ2) is 11.6. The molecule has 2 rings (SSSR count). The molecule has 0 saturated carbocycles. The summed E-state index contributed by atoms with van der Waals surface area (Å²) in [6, 6.07) is 13.8. The van der Waals surface area contributed by atoms with E-state index in [4.69, 9.17) is 4.74 Å². The van der Waals surface area contributed by atoms with Crippen LogP contribution >= 0.6 is 0 Å². The second-order valence-electron chi connectivity index (χ2n) is 7.09. The zero-order chi connectivity index (χ0) is 22.9. The van der Waals surface area contributed by atoms with Gasteiger partial charge in [-0.2, -0.15) is 4.31 Å². The number of hydrogen-bond acceptors (Lipinski definition) is 5. The lowest BCUT2D eigenvalue weighted by atomic mass is 10.1. The van der Waals surface area contributed by atoms with Gasteiger partial charge in [-0.05, 0) is 37.1 Å².